The minimum Gasteiger partial charge on any atom is -0.483 e. The number of anilines is 1. The molecule has 1 fully saturated rings. The zero-order valence-corrected chi connectivity index (χ0v) is 15.4. The Morgan fingerprint density at radius 3 is 2.48 bits per heavy atom. The normalized spacial score (nSPS) is 13.4. The van der Waals surface area contributed by atoms with Crippen molar-refractivity contribution in [3.05, 3.63) is 59.9 Å². The average Bonchev–Trinajstić information content (AvgIpc) is 2.68. The lowest BCUT2D eigenvalue weighted by atomic mass is 10.1. The van der Waals surface area contributed by atoms with Gasteiger partial charge in [0.2, 0.25) is 0 Å². The number of amides is 2. The van der Waals surface area contributed by atoms with Crippen LogP contribution in [-0.4, -0.2) is 49.5 Å². The molecule has 0 saturated carbocycles. The van der Waals surface area contributed by atoms with Crippen LogP contribution in [0.2, 0.25) is 0 Å². The van der Waals surface area contributed by atoms with Crippen molar-refractivity contribution in [3.63, 3.8) is 0 Å². The van der Waals surface area contributed by atoms with Crippen LogP contribution in [0.25, 0.3) is 0 Å². The van der Waals surface area contributed by atoms with Crippen molar-refractivity contribution in [2.45, 2.75) is 0 Å². The highest BCUT2D eigenvalue weighted by molar-refractivity contribution is 5.97. The lowest BCUT2D eigenvalue weighted by Gasteiger charge is -2.28. The van der Waals surface area contributed by atoms with E-state index in [1.807, 2.05) is 0 Å². The van der Waals surface area contributed by atoms with Crippen LogP contribution >= 0.6 is 12.4 Å². The molecule has 8 heteroatoms. The molecule has 2 aromatic rings. The molecule has 0 spiro atoms. The summed E-state index contributed by atoms with van der Waals surface area (Å²) >= 11 is 0. The molecule has 2 aromatic carbocycles. The van der Waals surface area contributed by atoms with E-state index in [9.17, 15) is 14.0 Å². The van der Waals surface area contributed by atoms with Gasteiger partial charge in [0.1, 0.15) is 11.6 Å². The standard InChI is InChI=1S/C19H20FN3O3.ClH/c20-15-6-2-3-7-16(15)22-18(24)13-26-17-8-4-1-5-14(17)19(25)23-11-9-21-10-12-23;/h1-8,21H,9-13H2,(H,22,24);1H. The van der Waals surface area contributed by atoms with Crippen LogP contribution in [0.4, 0.5) is 10.1 Å². The predicted octanol–water partition coefficient (Wildman–Crippen LogP) is 2.31. The fourth-order valence-electron chi connectivity index (χ4n) is 2.70. The molecule has 1 aliphatic rings. The first-order valence-electron chi connectivity index (χ1n) is 8.41. The number of para-hydroxylation sites is 2. The van der Waals surface area contributed by atoms with Crippen LogP contribution in [-0.2, 0) is 4.79 Å². The molecular weight excluding hydrogens is 373 g/mol. The van der Waals surface area contributed by atoms with Gasteiger partial charge in [-0.2, -0.15) is 0 Å². The first-order chi connectivity index (χ1) is 12.6. The molecule has 1 heterocycles. The molecule has 27 heavy (non-hydrogen) atoms. The lowest BCUT2D eigenvalue weighted by Crippen LogP contribution is -2.46. The quantitative estimate of drug-likeness (QED) is 0.817. The first-order valence-corrected chi connectivity index (χ1v) is 8.41. The van der Waals surface area contributed by atoms with Crippen LogP contribution in [0.1, 0.15) is 10.4 Å². The average molecular weight is 394 g/mol. The van der Waals surface area contributed by atoms with Gasteiger partial charge in [0.05, 0.1) is 11.3 Å². The monoisotopic (exact) mass is 393 g/mol. The van der Waals surface area contributed by atoms with Crippen molar-refractivity contribution in [1.82, 2.24) is 10.2 Å². The maximum Gasteiger partial charge on any atom is 0.262 e. The summed E-state index contributed by atoms with van der Waals surface area (Å²) in [6, 6.07) is 12.7. The van der Waals surface area contributed by atoms with E-state index < -0.39 is 11.7 Å². The van der Waals surface area contributed by atoms with Gasteiger partial charge in [0, 0.05) is 26.2 Å². The molecule has 2 N–H and O–H groups in total. The van der Waals surface area contributed by atoms with E-state index >= 15 is 0 Å². The lowest BCUT2D eigenvalue weighted by molar-refractivity contribution is -0.118. The Labute approximate surface area is 163 Å². The third kappa shape index (κ3) is 5.42. The molecule has 3 rings (SSSR count). The number of halogens is 2. The van der Waals surface area contributed by atoms with E-state index in [4.69, 9.17) is 4.74 Å². The summed E-state index contributed by atoms with van der Waals surface area (Å²) in [5.41, 5.74) is 0.499. The highest BCUT2D eigenvalue weighted by atomic mass is 35.5. The molecule has 0 unspecified atom stereocenters. The van der Waals surface area contributed by atoms with E-state index in [0.717, 1.165) is 13.1 Å². The number of hydrogen-bond donors (Lipinski definition) is 2. The van der Waals surface area contributed by atoms with Gasteiger partial charge in [-0.05, 0) is 24.3 Å². The predicted molar refractivity (Wildman–Crippen MR) is 103 cm³/mol. The zero-order valence-electron chi connectivity index (χ0n) is 14.6. The molecule has 2 amide bonds. The summed E-state index contributed by atoms with van der Waals surface area (Å²) in [5, 5.41) is 5.64. The molecule has 0 aliphatic carbocycles. The van der Waals surface area contributed by atoms with E-state index in [2.05, 4.69) is 10.6 Å². The van der Waals surface area contributed by atoms with Crippen LogP contribution in [0, 0.1) is 5.82 Å². The largest absolute Gasteiger partial charge is 0.483 e. The fraction of sp³-hybridized carbons (Fsp3) is 0.263. The molecular formula is C19H21ClFN3O3. The fourth-order valence-corrected chi connectivity index (χ4v) is 2.70. The number of benzene rings is 2. The van der Waals surface area contributed by atoms with Gasteiger partial charge in [-0.25, -0.2) is 4.39 Å². The summed E-state index contributed by atoms with van der Waals surface area (Å²) in [7, 11) is 0. The maximum absolute atomic E-state index is 13.6. The van der Waals surface area contributed by atoms with Crippen molar-refractivity contribution in [2.75, 3.05) is 38.1 Å². The first kappa shape index (κ1) is 20.7. The number of carbonyl (C=O) groups excluding carboxylic acids is 2. The van der Waals surface area contributed by atoms with Crippen molar-refractivity contribution in [1.29, 1.82) is 0 Å². The number of hydrogen-bond acceptors (Lipinski definition) is 4. The molecule has 1 saturated heterocycles. The maximum atomic E-state index is 13.6. The Balaban J connectivity index is 0.00000261. The highest BCUT2D eigenvalue weighted by Crippen LogP contribution is 2.20. The summed E-state index contributed by atoms with van der Waals surface area (Å²) in [6.07, 6.45) is 0. The van der Waals surface area contributed by atoms with Crippen LogP contribution in [0.3, 0.4) is 0 Å². The third-order valence-electron chi connectivity index (χ3n) is 4.03. The molecule has 6 nitrogen and oxygen atoms in total. The molecule has 0 atom stereocenters. The van der Waals surface area contributed by atoms with Crippen molar-refractivity contribution in [2.24, 2.45) is 0 Å². The van der Waals surface area contributed by atoms with Gasteiger partial charge < -0.3 is 20.3 Å². The van der Waals surface area contributed by atoms with E-state index in [-0.39, 0.29) is 30.6 Å². The van der Waals surface area contributed by atoms with Gasteiger partial charge in [0.15, 0.2) is 6.61 Å². The van der Waals surface area contributed by atoms with Crippen LogP contribution < -0.4 is 15.4 Å². The Hall–Kier alpha value is -2.64. The van der Waals surface area contributed by atoms with Gasteiger partial charge in [-0.15, -0.1) is 12.4 Å². The van der Waals surface area contributed by atoms with Crippen molar-refractivity contribution >= 4 is 29.9 Å². The molecule has 0 bridgehead atoms. The van der Waals surface area contributed by atoms with E-state index in [1.54, 1.807) is 41.3 Å². The number of nitrogens with one attached hydrogen (secondary N) is 2. The Morgan fingerprint density at radius 1 is 1.07 bits per heavy atom. The Morgan fingerprint density at radius 2 is 1.74 bits per heavy atom. The van der Waals surface area contributed by atoms with Crippen molar-refractivity contribution in [3.8, 4) is 5.75 Å². The second-order valence-electron chi connectivity index (χ2n) is 5.86. The topological polar surface area (TPSA) is 70.7 Å². The van der Waals surface area contributed by atoms with Gasteiger partial charge in [-0.3, -0.25) is 9.59 Å². The second kappa shape index (κ2) is 9.89. The summed E-state index contributed by atoms with van der Waals surface area (Å²) in [5.74, 6) is -0.814. The van der Waals surface area contributed by atoms with Gasteiger partial charge in [-0.1, -0.05) is 24.3 Å². The van der Waals surface area contributed by atoms with E-state index in [0.29, 0.717) is 24.4 Å². The summed E-state index contributed by atoms with van der Waals surface area (Å²) < 4.78 is 19.1. The SMILES string of the molecule is Cl.O=C(COc1ccccc1C(=O)N1CCNCC1)Nc1ccccc1F. The smallest absolute Gasteiger partial charge is 0.262 e. The number of ether oxygens (including phenoxy) is 1. The third-order valence-corrected chi connectivity index (χ3v) is 4.03. The minimum atomic E-state index is -0.518. The number of carbonyl (C=O) groups is 2. The number of nitrogens with zero attached hydrogens (tertiary/aromatic N) is 1. The summed E-state index contributed by atoms with van der Waals surface area (Å²) in [6.45, 7) is 2.43. The molecule has 1 aliphatic heterocycles. The summed E-state index contributed by atoms with van der Waals surface area (Å²) in [4.78, 5) is 26.4. The number of rotatable bonds is 5. The Kier molecular flexibility index (Phi) is 7.57. The van der Waals surface area contributed by atoms with Gasteiger partial charge in [0.25, 0.3) is 11.8 Å². The zero-order chi connectivity index (χ0) is 18.4. The van der Waals surface area contributed by atoms with Gasteiger partial charge >= 0.3 is 0 Å². The van der Waals surface area contributed by atoms with Crippen molar-refractivity contribution < 1.29 is 18.7 Å². The minimum absolute atomic E-state index is 0. The molecule has 144 valence electrons. The highest BCUT2D eigenvalue weighted by Gasteiger charge is 2.21. The molecule has 0 radical (unpaired) electrons. The van der Waals surface area contributed by atoms with Crippen LogP contribution in [0.15, 0.2) is 48.5 Å². The molecule has 0 aromatic heterocycles. The van der Waals surface area contributed by atoms with E-state index in [1.165, 1.54) is 12.1 Å². The Bertz CT molecular complexity index is 797. The second-order valence-corrected chi connectivity index (χ2v) is 5.86. The van der Waals surface area contributed by atoms with Crippen LogP contribution in [0.5, 0.6) is 5.75 Å². The number of piperazine rings is 1.